The number of carbonyl (C=O) groups excluding carboxylic acids is 1. The van der Waals surface area contributed by atoms with E-state index >= 15 is 0 Å². The number of hydrogen-bond acceptors (Lipinski definition) is 5. The van der Waals surface area contributed by atoms with Gasteiger partial charge in [0.2, 0.25) is 0 Å². The highest BCUT2D eigenvalue weighted by Gasteiger charge is 2.34. The largest absolute Gasteiger partial charge is 0.460 e. The second-order valence-electron chi connectivity index (χ2n) is 3.73. The van der Waals surface area contributed by atoms with Gasteiger partial charge in [-0.1, -0.05) is 6.07 Å². The molecular formula is C11H15NO3S. The first-order valence-electron chi connectivity index (χ1n) is 5.25. The van der Waals surface area contributed by atoms with Crippen molar-refractivity contribution in [2.24, 2.45) is 5.92 Å². The van der Waals surface area contributed by atoms with Crippen molar-refractivity contribution >= 4 is 17.3 Å². The maximum absolute atomic E-state index is 11.8. The summed E-state index contributed by atoms with van der Waals surface area (Å²) in [5, 5.41) is 5.04. The van der Waals surface area contributed by atoms with Gasteiger partial charge in [0.1, 0.15) is 6.61 Å². The van der Waals surface area contributed by atoms with Crippen LogP contribution in [-0.2, 0) is 20.9 Å². The molecule has 0 radical (unpaired) electrons. The van der Waals surface area contributed by atoms with Gasteiger partial charge in [-0.05, 0) is 18.5 Å². The van der Waals surface area contributed by atoms with Crippen LogP contribution >= 0.6 is 11.3 Å². The second kappa shape index (κ2) is 5.43. The third-order valence-electron chi connectivity index (χ3n) is 2.69. The van der Waals surface area contributed by atoms with Crippen LogP contribution in [0.25, 0.3) is 0 Å². The van der Waals surface area contributed by atoms with Gasteiger partial charge >= 0.3 is 5.97 Å². The van der Waals surface area contributed by atoms with Crippen LogP contribution in [0.2, 0.25) is 0 Å². The van der Waals surface area contributed by atoms with E-state index in [4.69, 9.17) is 9.47 Å². The molecule has 2 heterocycles. The molecule has 88 valence electrons. The monoisotopic (exact) mass is 241 g/mol. The fourth-order valence-electron chi connectivity index (χ4n) is 1.72. The summed E-state index contributed by atoms with van der Waals surface area (Å²) in [6.45, 7) is 1.40. The van der Waals surface area contributed by atoms with Gasteiger partial charge in [-0.25, -0.2) is 0 Å². The summed E-state index contributed by atoms with van der Waals surface area (Å²) >= 11 is 1.59. The fraction of sp³-hybridized carbons (Fsp3) is 0.545. The van der Waals surface area contributed by atoms with E-state index in [0.29, 0.717) is 19.8 Å². The fourth-order valence-corrected chi connectivity index (χ4v) is 2.33. The number of ether oxygens (including phenoxy) is 2. The minimum Gasteiger partial charge on any atom is -0.460 e. The summed E-state index contributed by atoms with van der Waals surface area (Å²) in [6.07, 6.45) is 0. The number of thiophene rings is 1. The second-order valence-corrected chi connectivity index (χ2v) is 4.76. The first kappa shape index (κ1) is 11.6. The normalized spacial score (nSPS) is 24.6. The van der Waals surface area contributed by atoms with Crippen molar-refractivity contribution < 1.29 is 14.3 Å². The Balaban J connectivity index is 1.83. The van der Waals surface area contributed by atoms with Gasteiger partial charge in [0.15, 0.2) is 0 Å². The van der Waals surface area contributed by atoms with Crippen LogP contribution in [0.15, 0.2) is 17.5 Å². The van der Waals surface area contributed by atoms with Crippen molar-refractivity contribution in [1.82, 2.24) is 5.32 Å². The third-order valence-corrected chi connectivity index (χ3v) is 3.54. The van der Waals surface area contributed by atoms with Gasteiger partial charge in [0.25, 0.3) is 0 Å². The Morgan fingerprint density at radius 1 is 1.69 bits per heavy atom. The lowest BCUT2D eigenvalue weighted by Gasteiger charge is -2.15. The van der Waals surface area contributed by atoms with Gasteiger partial charge in [0.05, 0.1) is 19.1 Å². The standard InChI is InChI=1S/C11H15NO3S/c1-12-10-7-14-6-9(10)11(13)15-5-8-3-2-4-16-8/h2-4,9-10,12H,5-7H2,1H3. The molecule has 16 heavy (non-hydrogen) atoms. The molecule has 1 saturated heterocycles. The quantitative estimate of drug-likeness (QED) is 0.800. The molecule has 4 nitrogen and oxygen atoms in total. The smallest absolute Gasteiger partial charge is 0.313 e. The van der Waals surface area contributed by atoms with Crippen molar-refractivity contribution in [3.05, 3.63) is 22.4 Å². The van der Waals surface area contributed by atoms with E-state index in [1.165, 1.54) is 0 Å². The van der Waals surface area contributed by atoms with E-state index in [2.05, 4.69) is 5.32 Å². The van der Waals surface area contributed by atoms with E-state index in [1.807, 2.05) is 24.6 Å². The van der Waals surface area contributed by atoms with Gasteiger partial charge in [-0.2, -0.15) is 0 Å². The summed E-state index contributed by atoms with van der Waals surface area (Å²) < 4.78 is 10.5. The number of esters is 1. The van der Waals surface area contributed by atoms with E-state index in [9.17, 15) is 4.79 Å². The number of nitrogens with one attached hydrogen (secondary N) is 1. The number of rotatable bonds is 4. The Morgan fingerprint density at radius 3 is 3.25 bits per heavy atom. The Morgan fingerprint density at radius 2 is 2.56 bits per heavy atom. The zero-order valence-corrected chi connectivity index (χ0v) is 9.96. The Hall–Kier alpha value is -0.910. The first-order valence-corrected chi connectivity index (χ1v) is 6.13. The highest BCUT2D eigenvalue weighted by atomic mass is 32.1. The Kier molecular flexibility index (Phi) is 3.93. The number of likely N-dealkylation sites (N-methyl/N-ethyl adjacent to an activating group) is 1. The lowest BCUT2D eigenvalue weighted by molar-refractivity contribution is -0.150. The predicted molar refractivity (Wildman–Crippen MR) is 61.3 cm³/mol. The van der Waals surface area contributed by atoms with Crippen LogP contribution in [0.4, 0.5) is 0 Å². The van der Waals surface area contributed by atoms with Gasteiger partial charge in [0, 0.05) is 10.9 Å². The molecule has 2 rings (SSSR count). The molecule has 2 unspecified atom stereocenters. The lowest BCUT2D eigenvalue weighted by Crippen LogP contribution is -2.37. The zero-order chi connectivity index (χ0) is 11.4. The van der Waals surface area contributed by atoms with E-state index in [-0.39, 0.29) is 17.9 Å². The summed E-state index contributed by atoms with van der Waals surface area (Å²) in [6, 6.07) is 3.98. The van der Waals surface area contributed by atoms with E-state index in [1.54, 1.807) is 11.3 Å². The topological polar surface area (TPSA) is 47.6 Å². The number of hydrogen-bond donors (Lipinski definition) is 1. The van der Waals surface area contributed by atoms with Crippen LogP contribution in [0.3, 0.4) is 0 Å². The molecule has 0 spiro atoms. The number of carbonyl (C=O) groups is 1. The molecule has 0 amide bonds. The molecule has 0 saturated carbocycles. The molecule has 1 N–H and O–H groups in total. The molecule has 1 aliphatic rings. The van der Waals surface area contributed by atoms with Crippen molar-refractivity contribution in [1.29, 1.82) is 0 Å². The Labute approximate surface area is 98.6 Å². The molecule has 5 heteroatoms. The molecule has 2 atom stereocenters. The van der Waals surface area contributed by atoms with Crippen LogP contribution in [0.5, 0.6) is 0 Å². The summed E-state index contributed by atoms with van der Waals surface area (Å²) in [5.41, 5.74) is 0. The van der Waals surface area contributed by atoms with Crippen LogP contribution in [-0.4, -0.2) is 32.3 Å². The third kappa shape index (κ3) is 2.61. The SMILES string of the molecule is CNC1COCC1C(=O)OCc1cccs1. The van der Waals surface area contributed by atoms with Crippen molar-refractivity contribution in [2.75, 3.05) is 20.3 Å². The van der Waals surface area contributed by atoms with Gasteiger partial charge < -0.3 is 14.8 Å². The highest BCUT2D eigenvalue weighted by Crippen LogP contribution is 2.17. The molecule has 0 aromatic carbocycles. The minimum atomic E-state index is -0.176. The van der Waals surface area contributed by atoms with E-state index < -0.39 is 0 Å². The molecular weight excluding hydrogens is 226 g/mol. The van der Waals surface area contributed by atoms with Gasteiger partial charge in [-0.15, -0.1) is 11.3 Å². The molecule has 1 aromatic heterocycles. The summed E-state index contributed by atoms with van der Waals surface area (Å²) in [5.74, 6) is -0.352. The Bertz CT molecular complexity index is 339. The molecule has 0 bridgehead atoms. The van der Waals surface area contributed by atoms with Crippen molar-refractivity contribution in [2.45, 2.75) is 12.6 Å². The molecule has 0 aliphatic carbocycles. The molecule has 1 aromatic rings. The van der Waals surface area contributed by atoms with Crippen molar-refractivity contribution in [3.8, 4) is 0 Å². The highest BCUT2D eigenvalue weighted by molar-refractivity contribution is 7.09. The average Bonchev–Trinajstić information content (AvgIpc) is 2.96. The zero-order valence-electron chi connectivity index (χ0n) is 9.14. The molecule has 1 fully saturated rings. The maximum atomic E-state index is 11.8. The summed E-state index contributed by atoms with van der Waals surface area (Å²) in [7, 11) is 1.83. The minimum absolute atomic E-state index is 0.0795. The maximum Gasteiger partial charge on any atom is 0.313 e. The van der Waals surface area contributed by atoms with E-state index in [0.717, 1.165) is 4.88 Å². The average molecular weight is 241 g/mol. The van der Waals surface area contributed by atoms with Crippen LogP contribution in [0.1, 0.15) is 4.88 Å². The van der Waals surface area contributed by atoms with Crippen molar-refractivity contribution in [3.63, 3.8) is 0 Å². The first-order chi connectivity index (χ1) is 7.81. The van der Waals surface area contributed by atoms with Gasteiger partial charge in [-0.3, -0.25) is 4.79 Å². The molecule has 1 aliphatic heterocycles. The lowest BCUT2D eigenvalue weighted by atomic mass is 10.0. The summed E-state index contributed by atoms with van der Waals surface area (Å²) in [4.78, 5) is 12.8. The van der Waals surface area contributed by atoms with Crippen LogP contribution < -0.4 is 5.32 Å². The predicted octanol–water partition coefficient (Wildman–Crippen LogP) is 1.03. The van der Waals surface area contributed by atoms with Crippen LogP contribution in [0, 0.1) is 5.92 Å².